The summed E-state index contributed by atoms with van der Waals surface area (Å²) in [5.41, 5.74) is 3.01. The highest BCUT2D eigenvalue weighted by Crippen LogP contribution is 2.32. The van der Waals surface area contributed by atoms with Crippen LogP contribution < -0.4 is 11.3 Å². The molecule has 182 valence electrons. The third-order valence-corrected chi connectivity index (χ3v) is 5.66. The van der Waals surface area contributed by atoms with Gasteiger partial charge in [-0.3, -0.25) is 9.59 Å². The Labute approximate surface area is 209 Å². The van der Waals surface area contributed by atoms with E-state index in [1.165, 1.54) is 52.9 Å². The minimum absolute atomic E-state index is 0.0540. The lowest BCUT2D eigenvalue weighted by atomic mass is 9.84. The summed E-state index contributed by atoms with van der Waals surface area (Å²) in [7, 11) is 1.47. The van der Waals surface area contributed by atoms with Crippen molar-refractivity contribution in [2.75, 3.05) is 0 Å². The van der Waals surface area contributed by atoms with E-state index in [-0.39, 0.29) is 33.3 Å². The Hall–Kier alpha value is -5.24. The molecule has 3 aromatic heterocycles. The van der Waals surface area contributed by atoms with Crippen molar-refractivity contribution in [2.45, 2.75) is 12.0 Å². The van der Waals surface area contributed by atoms with Crippen LogP contribution in [0.15, 0.2) is 59.8 Å². The second-order valence-electron chi connectivity index (χ2n) is 8.02. The van der Waals surface area contributed by atoms with Crippen LogP contribution in [0.25, 0.3) is 5.52 Å². The smallest absolute Gasteiger partial charge is 0.256 e. The molecule has 0 aliphatic rings. The molecule has 0 spiro atoms. The standard InChI is InChI=1S/C27H17F2N5O3/c1-33-10-5-7-23(26(33)36)27(37,18-12-19(28)14-20(29)13-18)9-4-2-3-6-21-22(25(31)35)8-11-34-24(21)17(15-30)16-32-34/h5,7-8,10-14,16,37H,9H2,1H3,(H2,31,35). The van der Waals surface area contributed by atoms with Gasteiger partial charge >= 0.3 is 0 Å². The SMILES string of the molecule is Cn1cccc(C(O)(CC#CC#Cc2c(C(N)=O)ccn3ncc(C#N)c23)c2cc(F)cc(F)c2)c1=O. The number of hydrogen-bond donors (Lipinski definition) is 2. The van der Waals surface area contributed by atoms with Gasteiger partial charge in [0.15, 0.2) is 0 Å². The zero-order chi connectivity index (χ0) is 26.7. The number of nitriles is 1. The number of pyridine rings is 2. The lowest BCUT2D eigenvalue weighted by molar-refractivity contribution is 0.0837. The van der Waals surface area contributed by atoms with Gasteiger partial charge in [0.2, 0.25) is 5.91 Å². The number of halogens is 2. The predicted molar refractivity (Wildman–Crippen MR) is 129 cm³/mol. The van der Waals surface area contributed by atoms with Crippen molar-refractivity contribution in [1.29, 1.82) is 5.26 Å². The minimum Gasteiger partial charge on any atom is -0.379 e. The van der Waals surface area contributed by atoms with Gasteiger partial charge in [-0.1, -0.05) is 5.92 Å². The van der Waals surface area contributed by atoms with Crippen LogP contribution >= 0.6 is 0 Å². The van der Waals surface area contributed by atoms with Gasteiger partial charge in [0.1, 0.15) is 28.8 Å². The van der Waals surface area contributed by atoms with Crippen LogP contribution in [0, 0.1) is 46.6 Å². The lowest BCUT2D eigenvalue weighted by Crippen LogP contribution is -2.36. The second-order valence-corrected chi connectivity index (χ2v) is 8.02. The lowest BCUT2D eigenvalue weighted by Gasteiger charge is -2.27. The second kappa shape index (κ2) is 9.79. The number of aryl methyl sites for hydroxylation is 1. The van der Waals surface area contributed by atoms with Gasteiger partial charge in [-0.2, -0.15) is 10.4 Å². The summed E-state index contributed by atoms with van der Waals surface area (Å²) in [5, 5.41) is 24.9. The number of aliphatic hydroxyl groups is 1. The highest BCUT2D eigenvalue weighted by atomic mass is 19.1. The number of aromatic nitrogens is 3. The van der Waals surface area contributed by atoms with E-state index >= 15 is 0 Å². The van der Waals surface area contributed by atoms with Gasteiger partial charge in [-0.15, -0.1) is 0 Å². The number of rotatable bonds is 4. The molecule has 3 heterocycles. The van der Waals surface area contributed by atoms with Crippen molar-refractivity contribution >= 4 is 11.4 Å². The average Bonchev–Trinajstić information content (AvgIpc) is 3.28. The number of nitrogens with two attached hydrogens (primary N) is 1. The van der Waals surface area contributed by atoms with Gasteiger partial charge in [0, 0.05) is 31.9 Å². The Bertz CT molecular complexity index is 1770. The number of nitrogens with zero attached hydrogens (tertiary/aromatic N) is 4. The molecular formula is C27H17F2N5O3. The fourth-order valence-corrected chi connectivity index (χ4v) is 3.86. The van der Waals surface area contributed by atoms with E-state index in [2.05, 4.69) is 28.8 Å². The number of primary amides is 1. The highest BCUT2D eigenvalue weighted by Gasteiger charge is 2.34. The summed E-state index contributed by atoms with van der Waals surface area (Å²) < 4.78 is 30.6. The Morgan fingerprint density at radius 3 is 2.59 bits per heavy atom. The maximum absolute atomic E-state index is 14.0. The highest BCUT2D eigenvalue weighted by molar-refractivity contribution is 5.98. The van der Waals surface area contributed by atoms with E-state index < -0.39 is 35.1 Å². The van der Waals surface area contributed by atoms with Crippen molar-refractivity contribution < 1.29 is 18.7 Å². The quantitative estimate of drug-likeness (QED) is 0.417. The molecule has 1 atom stereocenters. The molecular weight excluding hydrogens is 480 g/mol. The topological polar surface area (TPSA) is 126 Å². The minimum atomic E-state index is -2.16. The molecule has 10 heteroatoms. The molecule has 0 saturated carbocycles. The van der Waals surface area contributed by atoms with Crippen LogP contribution in [-0.4, -0.2) is 25.2 Å². The van der Waals surface area contributed by atoms with Crippen molar-refractivity contribution in [1.82, 2.24) is 14.2 Å². The van der Waals surface area contributed by atoms with Gasteiger partial charge in [-0.25, -0.2) is 13.3 Å². The molecule has 1 unspecified atom stereocenters. The number of carbonyl (C=O) groups is 1. The number of fused-ring (bicyclic) bond motifs is 1. The van der Waals surface area contributed by atoms with Crippen LogP contribution in [0.1, 0.15) is 39.0 Å². The summed E-state index contributed by atoms with van der Waals surface area (Å²) in [6, 6.07) is 8.72. The van der Waals surface area contributed by atoms with E-state index in [0.29, 0.717) is 6.07 Å². The van der Waals surface area contributed by atoms with Crippen LogP contribution in [0.2, 0.25) is 0 Å². The average molecular weight is 497 g/mol. The normalized spacial score (nSPS) is 12.0. The molecule has 8 nitrogen and oxygen atoms in total. The third-order valence-electron chi connectivity index (χ3n) is 5.66. The molecule has 0 bridgehead atoms. The van der Waals surface area contributed by atoms with Crippen LogP contribution in [0.4, 0.5) is 8.78 Å². The Morgan fingerprint density at radius 2 is 1.92 bits per heavy atom. The van der Waals surface area contributed by atoms with Gasteiger partial charge < -0.3 is 15.4 Å². The summed E-state index contributed by atoms with van der Waals surface area (Å²) >= 11 is 0. The molecule has 1 aromatic carbocycles. The molecule has 0 radical (unpaired) electrons. The van der Waals surface area contributed by atoms with Gasteiger partial charge in [0.25, 0.3) is 5.56 Å². The number of benzene rings is 1. The van der Waals surface area contributed by atoms with Crippen LogP contribution in [-0.2, 0) is 12.6 Å². The van der Waals surface area contributed by atoms with E-state index in [4.69, 9.17) is 5.73 Å². The fourth-order valence-electron chi connectivity index (χ4n) is 3.86. The molecule has 37 heavy (non-hydrogen) atoms. The molecule has 0 saturated heterocycles. The van der Waals surface area contributed by atoms with Crippen LogP contribution in [0.3, 0.4) is 0 Å². The van der Waals surface area contributed by atoms with E-state index in [0.717, 1.165) is 12.1 Å². The zero-order valence-electron chi connectivity index (χ0n) is 19.3. The first kappa shape index (κ1) is 24.9. The maximum Gasteiger partial charge on any atom is 0.256 e. The summed E-state index contributed by atoms with van der Waals surface area (Å²) in [6.07, 6.45) is 3.81. The summed E-state index contributed by atoms with van der Waals surface area (Å²) in [6.45, 7) is 0. The summed E-state index contributed by atoms with van der Waals surface area (Å²) in [4.78, 5) is 24.7. The van der Waals surface area contributed by atoms with Gasteiger partial charge in [0.05, 0.1) is 28.5 Å². The molecule has 0 fully saturated rings. The number of hydrogen-bond acceptors (Lipinski definition) is 5. The van der Waals surface area contributed by atoms with Gasteiger partial charge in [-0.05, 0) is 53.7 Å². The number of amides is 1. The van der Waals surface area contributed by atoms with Crippen molar-refractivity contribution in [3.63, 3.8) is 0 Å². The summed E-state index contributed by atoms with van der Waals surface area (Å²) in [5.74, 6) is 7.75. The Morgan fingerprint density at radius 1 is 1.19 bits per heavy atom. The third kappa shape index (κ3) is 4.68. The van der Waals surface area contributed by atoms with E-state index in [1.807, 2.05) is 6.07 Å². The van der Waals surface area contributed by atoms with Crippen molar-refractivity contribution in [2.24, 2.45) is 12.8 Å². The Balaban J connectivity index is 1.80. The molecule has 4 rings (SSSR count). The Kier molecular flexibility index (Phi) is 6.58. The monoisotopic (exact) mass is 497 g/mol. The van der Waals surface area contributed by atoms with E-state index in [9.17, 15) is 28.7 Å². The molecule has 0 aliphatic heterocycles. The molecule has 0 aliphatic carbocycles. The van der Waals surface area contributed by atoms with Crippen molar-refractivity contribution in [3.8, 4) is 29.8 Å². The van der Waals surface area contributed by atoms with Crippen molar-refractivity contribution in [3.05, 3.63) is 105 Å². The first-order chi connectivity index (χ1) is 17.7. The first-order valence-electron chi connectivity index (χ1n) is 10.7. The molecule has 1 amide bonds. The molecule has 3 N–H and O–H groups in total. The van der Waals surface area contributed by atoms with Crippen LogP contribution in [0.5, 0.6) is 0 Å². The molecule has 4 aromatic rings. The maximum atomic E-state index is 14.0. The fraction of sp³-hybridized carbons (Fsp3) is 0.111. The van der Waals surface area contributed by atoms with E-state index in [1.54, 1.807) is 0 Å². The predicted octanol–water partition coefficient (Wildman–Crippen LogP) is 1.96. The largest absolute Gasteiger partial charge is 0.379 e. The zero-order valence-corrected chi connectivity index (χ0v) is 19.3. The first-order valence-corrected chi connectivity index (χ1v) is 10.7. The number of carbonyl (C=O) groups excluding carboxylic acids is 1.